The van der Waals surface area contributed by atoms with Gasteiger partial charge in [0.1, 0.15) is 32.5 Å². The molecule has 6 heterocycles. The van der Waals surface area contributed by atoms with E-state index in [1.807, 2.05) is 60.7 Å². The van der Waals surface area contributed by atoms with Crippen molar-refractivity contribution < 1.29 is 90.4 Å². The molecule has 28 nitrogen and oxygen atoms in total. The van der Waals surface area contributed by atoms with E-state index in [1.165, 1.54) is 0 Å². The highest BCUT2D eigenvalue weighted by molar-refractivity contribution is 5.98. The number of nitrogens with zero attached hydrogens (tertiary/aromatic N) is 3. The Hall–Kier alpha value is -9.83. The van der Waals surface area contributed by atoms with Gasteiger partial charge in [0, 0.05) is 65.3 Å². The molecule has 0 bridgehead atoms. The Morgan fingerprint density at radius 3 is 1.98 bits per heavy atom. The van der Waals surface area contributed by atoms with Gasteiger partial charge in [-0.05, 0) is 91.9 Å². The van der Waals surface area contributed by atoms with E-state index in [0.29, 0.717) is 145 Å². The van der Waals surface area contributed by atoms with Crippen molar-refractivity contribution >= 4 is 63.9 Å². The lowest BCUT2D eigenvalue weighted by Crippen LogP contribution is -2.47. The quantitative estimate of drug-likeness (QED) is 0.0196. The number of benzene rings is 4. The predicted octanol–water partition coefficient (Wildman–Crippen LogP) is 4.80. The standard InChI is InChI=1S/C72H82N8O20/c1-2-72(56-39-60-67-53(42-80(60)69(86)55(56)44-96-70(72)87)37-52-38-61-62(99-47-98-61)40-58(52)78-67)100-71(88)97-43-48-14-18-54(19-15-48)76-68(85)57(12-7-8-22-73)77-65(83)46-95-45-64(82)75-24-26-90-28-30-92-32-34-94-36-35-93-33-31-91-29-27-89-25-23-74-63(81)20-21-66(84)79-41-51-11-4-3-9-49(51)16-17-50-10-5-6-13-59(50)79/h3-6,9-11,13-15,18-19,37-40,57H,2,7-8,12,20-36,41-47,73H2,1H3,(H,74,81)(H,75,82)(H,76,85)(H,77,83)/t57-,72-/m0/s1. The van der Waals surface area contributed by atoms with Gasteiger partial charge in [0.25, 0.3) is 5.56 Å². The maximum atomic E-state index is 14.0. The number of carbonyl (C=O) groups is 7. The number of unbranched alkanes of at least 4 members (excludes halogenated alkanes) is 1. The molecule has 4 aromatic carbocycles. The van der Waals surface area contributed by atoms with Crippen LogP contribution in [0.4, 0.5) is 16.2 Å². The second-order valence-corrected chi connectivity index (χ2v) is 23.5. The summed E-state index contributed by atoms with van der Waals surface area (Å²) in [6.45, 7) is 5.80. The first-order valence-corrected chi connectivity index (χ1v) is 33.3. The monoisotopic (exact) mass is 1380 g/mol. The number of nitrogens with one attached hydrogen (secondary N) is 4. The van der Waals surface area contributed by atoms with Gasteiger partial charge in [-0.1, -0.05) is 61.2 Å². The summed E-state index contributed by atoms with van der Waals surface area (Å²) in [7, 11) is 0. The maximum absolute atomic E-state index is 14.0. The Balaban J connectivity index is 0.520. The van der Waals surface area contributed by atoms with E-state index >= 15 is 0 Å². The van der Waals surface area contributed by atoms with Crippen molar-refractivity contribution in [1.29, 1.82) is 0 Å². The van der Waals surface area contributed by atoms with Gasteiger partial charge in [0.15, 0.2) is 11.5 Å². The van der Waals surface area contributed by atoms with E-state index < -0.39 is 60.3 Å². The lowest BCUT2D eigenvalue weighted by atomic mass is 9.85. The summed E-state index contributed by atoms with van der Waals surface area (Å²) in [6, 6.07) is 27.9. The maximum Gasteiger partial charge on any atom is 0.510 e. The molecule has 0 radical (unpaired) electrons. The smallest absolute Gasteiger partial charge is 0.457 e. The Kier molecular flexibility index (Phi) is 26.9. The van der Waals surface area contributed by atoms with Gasteiger partial charge >= 0.3 is 12.1 Å². The lowest BCUT2D eigenvalue weighted by Gasteiger charge is -2.35. The fraction of sp³-hybridized carbons (Fsp3) is 0.431. The number of aromatic nitrogens is 2. The minimum Gasteiger partial charge on any atom is -0.457 e. The van der Waals surface area contributed by atoms with E-state index in [4.69, 9.17) is 67.6 Å². The number of anilines is 2. The van der Waals surface area contributed by atoms with Crippen molar-refractivity contribution in [2.75, 3.05) is 129 Å². The van der Waals surface area contributed by atoms with E-state index in [1.54, 1.807) is 52.8 Å². The highest BCUT2D eigenvalue weighted by atomic mass is 16.7. The normalized spacial score (nSPS) is 14.7. The molecule has 4 aliphatic rings. The van der Waals surface area contributed by atoms with Crippen LogP contribution < -0.4 is 46.9 Å². The Labute approximate surface area is 577 Å². The fourth-order valence-electron chi connectivity index (χ4n) is 11.4. The van der Waals surface area contributed by atoms with Crippen LogP contribution in [0, 0.1) is 11.8 Å². The molecular weight excluding hydrogens is 1300 g/mol. The number of fused-ring (bicyclic) bond motifs is 8. The number of esters is 1. The molecule has 0 aliphatic carbocycles. The lowest BCUT2D eigenvalue weighted by molar-refractivity contribution is -0.175. The number of hydrogen-bond donors (Lipinski definition) is 5. The van der Waals surface area contributed by atoms with Crippen LogP contribution in [0.25, 0.3) is 22.3 Å². The topological polar surface area (TPSA) is 343 Å². The van der Waals surface area contributed by atoms with E-state index in [2.05, 4.69) is 33.1 Å². The van der Waals surface area contributed by atoms with Crippen molar-refractivity contribution in [3.05, 3.63) is 146 Å². The average molecular weight is 1380 g/mol. The highest BCUT2D eigenvalue weighted by Crippen LogP contribution is 2.43. The van der Waals surface area contributed by atoms with Crippen molar-refractivity contribution in [2.45, 2.75) is 83.4 Å². The van der Waals surface area contributed by atoms with E-state index in [-0.39, 0.29) is 88.3 Å². The third-order valence-electron chi connectivity index (χ3n) is 16.6. The molecular formula is C72H82N8O20. The number of amides is 5. The van der Waals surface area contributed by atoms with Gasteiger partial charge in [0.2, 0.25) is 41.9 Å². The zero-order chi connectivity index (χ0) is 70.1. The molecule has 0 spiro atoms. The summed E-state index contributed by atoms with van der Waals surface area (Å²) in [5.74, 6) is 4.71. The summed E-state index contributed by atoms with van der Waals surface area (Å²) >= 11 is 0. The molecule has 4 aliphatic heterocycles. The number of para-hydroxylation sites is 1. The van der Waals surface area contributed by atoms with Crippen LogP contribution in [-0.2, 0) is 108 Å². The van der Waals surface area contributed by atoms with Crippen LogP contribution in [0.5, 0.6) is 11.5 Å². The zero-order valence-corrected chi connectivity index (χ0v) is 55.7. The molecule has 5 amide bonds. The summed E-state index contributed by atoms with van der Waals surface area (Å²) in [5.41, 5.74) is 10.2. The molecule has 2 aromatic heterocycles. The average Bonchev–Trinajstić information content (AvgIpc) is 1.46. The fourth-order valence-corrected chi connectivity index (χ4v) is 11.4. The Bertz CT molecular complexity index is 4000. The van der Waals surface area contributed by atoms with Crippen LogP contribution in [0.1, 0.15) is 84.4 Å². The molecule has 530 valence electrons. The van der Waals surface area contributed by atoms with Crippen molar-refractivity contribution in [1.82, 2.24) is 25.5 Å². The minimum atomic E-state index is -2.00. The molecule has 10 rings (SSSR count). The Morgan fingerprint density at radius 1 is 0.660 bits per heavy atom. The predicted molar refractivity (Wildman–Crippen MR) is 361 cm³/mol. The number of pyridine rings is 2. The van der Waals surface area contributed by atoms with Gasteiger partial charge in [-0.15, -0.1) is 0 Å². The third-order valence-corrected chi connectivity index (χ3v) is 16.6. The number of rotatable bonds is 39. The number of hydrogen-bond acceptors (Lipinski definition) is 22. The van der Waals surface area contributed by atoms with E-state index in [0.717, 1.165) is 33.3 Å². The zero-order valence-electron chi connectivity index (χ0n) is 55.7. The summed E-state index contributed by atoms with van der Waals surface area (Å²) < 4.78 is 67.9. The molecule has 0 saturated heterocycles. The molecule has 6 aromatic rings. The number of carbonyl (C=O) groups excluding carboxylic acids is 7. The second-order valence-electron chi connectivity index (χ2n) is 23.5. The first-order chi connectivity index (χ1) is 48.8. The second kappa shape index (κ2) is 36.8. The first kappa shape index (κ1) is 72.9. The number of ether oxygens (including phenoxy) is 12. The molecule has 0 saturated carbocycles. The molecule has 6 N–H and O–H groups in total. The summed E-state index contributed by atoms with van der Waals surface area (Å²) in [5, 5.41) is 11.7. The van der Waals surface area contributed by atoms with Gasteiger partial charge in [-0.2, -0.15) is 0 Å². The highest BCUT2D eigenvalue weighted by Gasteiger charge is 2.51. The van der Waals surface area contributed by atoms with Crippen LogP contribution in [0.15, 0.2) is 102 Å². The van der Waals surface area contributed by atoms with Gasteiger partial charge in [-0.3, -0.25) is 28.8 Å². The summed E-state index contributed by atoms with van der Waals surface area (Å²) in [6.07, 6.45) is 0.261. The van der Waals surface area contributed by atoms with Crippen molar-refractivity contribution in [2.24, 2.45) is 5.73 Å². The largest absolute Gasteiger partial charge is 0.510 e. The third kappa shape index (κ3) is 19.8. The van der Waals surface area contributed by atoms with Crippen molar-refractivity contribution in [3.63, 3.8) is 0 Å². The van der Waals surface area contributed by atoms with Crippen LogP contribution in [-0.4, -0.2) is 176 Å². The SMILES string of the molecule is CC[C@@]1(OC(=O)OCc2ccc(NC(=O)[C@H](CCCCN)NC(=O)COCC(=O)NCCOCCOCCOCCOCCOCCOCCNC(=O)CCC(=O)N3Cc4ccccc4C#Cc4ccccc43)cc2)C(=O)OCc2c1cc1n(c2=O)Cc2cc3cc4c(cc3nc2-1)OCO4. The van der Waals surface area contributed by atoms with E-state index in [9.17, 15) is 38.4 Å². The minimum absolute atomic E-state index is 0.0527. The molecule has 28 heteroatoms. The molecule has 0 fully saturated rings. The van der Waals surface area contributed by atoms with Gasteiger partial charge < -0.3 is 93.3 Å². The van der Waals surface area contributed by atoms with Crippen LogP contribution >= 0.6 is 0 Å². The molecule has 100 heavy (non-hydrogen) atoms. The van der Waals surface area contributed by atoms with Crippen LogP contribution in [0.2, 0.25) is 0 Å². The molecule has 0 unspecified atom stereocenters. The summed E-state index contributed by atoms with van der Waals surface area (Å²) in [4.78, 5) is 112. The van der Waals surface area contributed by atoms with Crippen molar-refractivity contribution in [3.8, 4) is 34.7 Å². The first-order valence-electron chi connectivity index (χ1n) is 33.3. The number of nitrogens with two attached hydrogens (primary N) is 1. The Morgan fingerprint density at radius 2 is 1.29 bits per heavy atom. The van der Waals surface area contributed by atoms with Gasteiger partial charge in [0.05, 0.1) is 121 Å². The van der Waals surface area contributed by atoms with Crippen LogP contribution in [0.3, 0.4) is 0 Å². The number of cyclic esters (lactones) is 1. The molecule has 2 atom stereocenters. The van der Waals surface area contributed by atoms with Gasteiger partial charge in [-0.25, -0.2) is 14.6 Å².